The molecule has 1 aliphatic heterocycles. The SMILES string of the molecule is COc1cn(CC(=O)NC2CCCC2)c(CN2CCCCCC2)cc1=O. The molecule has 2 fully saturated rings. The second kappa shape index (κ2) is 9.21. The number of methoxy groups -OCH3 is 1. The fraction of sp³-hybridized carbons (Fsp3) is 0.700. The van der Waals surface area contributed by atoms with Crippen LogP contribution in [0.2, 0.25) is 0 Å². The number of likely N-dealkylation sites (tertiary alicyclic amines) is 1. The Labute approximate surface area is 155 Å². The molecule has 0 bridgehead atoms. The Bertz CT molecular complexity index is 657. The van der Waals surface area contributed by atoms with E-state index < -0.39 is 0 Å². The van der Waals surface area contributed by atoms with Crippen LogP contribution < -0.4 is 15.5 Å². The molecule has 26 heavy (non-hydrogen) atoms. The van der Waals surface area contributed by atoms with Gasteiger partial charge in [-0.3, -0.25) is 14.5 Å². The van der Waals surface area contributed by atoms with Crippen LogP contribution >= 0.6 is 0 Å². The van der Waals surface area contributed by atoms with E-state index in [2.05, 4.69) is 10.2 Å². The maximum absolute atomic E-state index is 12.5. The van der Waals surface area contributed by atoms with Crippen molar-refractivity contribution in [2.45, 2.75) is 70.5 Å². The summed E-state index contributed by atoms with van der Waals surface area (Å²) in [5.74, 6) is 0.304. The van der Waals surface area contributed by atoms with Gasteiger partial charge in [0.1, 0.15) is 6.54 Å². The van der Waals surface area contributed by atoms with Gasteiger partial charge in [-0.25, -0.2) is 0 Å². The number of hydrogen-bond donors (Lipinski definition) is 1. The molecule has 1 saturated heterocycles. The van der Waals surface area contributed by atoms with Gasteiger partial charge in [-0.15, -0.1) is 0 Å². The van der Waals surface area contributed by atoms with Gasteiger partial charge < -0.3 is 14.6 Å². The Morgan fingerprint density at radius 2 is 1.85 bits per heavy atom. The van der Waals surface area contributed by atoms with Gasteiger partial charge in [0.25, 0.3) is 0 Å². The molecular formula is C20H31N3O3. The second-order valence-corrected chi connectivity index (χ2v) is 7.56. The summed E-state index contributed by atoms with van der Waals surface area (Å²) in [6, 6.07) is 1.94. The average Bonchev–Trinajstić information content (AvgIpc) is 2.99. The number of hydrogen-bond acceptors (Lipinski definition) is 4. The van der Waals surface area contributed by atoms with Gasteiger partial charge in [-0.1, -0.05) is 25.7 Å². The van der Waals surface area contributed by atoms with Gasteiger partial charge in [-0.2, -0.15) is 0 Å². The fourth-order valence-corrected chi connectivity index (χ4v) is 4.05. The van der Waals surface area contributed by atoms with Gasteiger partial charge in [-0.05, 0) is 38.8 Å². The van der Waals surface area contributed by atoms with E-state index in [1.54, 1.807) is 12.3 Å². The van der Waals surface area contributed by atoms with E-state index in [-0.39, 0.29) is 17.9 Å². The predicted molar refractivity (Wildman–Crippen MR) is 101 cm³/mol. The van der Waals surface area contributed by atoms with Gasteiger partial charge in [0.15, 0.2) is 5.75 Å². The minimum absolute atomic E-state index is 0.0136. The van der Waals surface area contributed by atoms with Crippen LogP contribution in [0.3, 0.4) is 0 Å². The van der Waals surface area contributed by atoms with Crippen LogP contribution in [0.5, 0.6) is 5.75 Å². The molecule has 1 N–H and O–H groups in total. The highest BCUT2D eigenvalue weighted by atomic mass is 16.5. The van der Waals surface area contributed by atoms with E-state index in [9.17, 15) is 9.59 Å². The zero-order valence-corrected chi connectivity index (χ0v) is 15.8. The number of nitrogens with zero attached hydrogens (tertiary/aromatic N) is 2. The first-order valence-corrected chi connectivity index (χ1v) is 9.95. The molecule has 6 heteroatoms. The molecule has 1 aliphatic carbocycles. The maximum atomic E-state index is 12.5. The minimum atomic E-state index is -0.121. The van der Waals surface area contributed by atoms with Gasteiger partial charge in [0.2, 0.25) is 11.3 Å². The summed E-state index contributed by atoms with van der Waals surface area (Å²) >= 11 is 0. The van der Waals surface area contributed by atoms with E-state index in [1.165, 1.54) is 45.6 Å². The molecule has 1 aromatic rings. The van der Waals surface area contributed by atoms with Crippen LogP contribution in [0.4, 0.5) is 0 Å². The summed E-state index contributed by atoms with van der Waals surface area (Å²) in [5, 5.41) is 3.13. The molecule has 0 aromatic carbocycles. The molecule has 1 amide bonds. The van der Waals surface area contributed by atoms with Crippen molar-refractivity contribution in [3.05, 3.63) is 28.2 Å². The summed E-state index contributed by atoms with van der Waals surface area (Å²) in [6.45, 7) is 3.04. The van der Waals surface area contributed by atoms with E-state index >= 15 is 0 Å². The predicted octanol–water partition coefficient (Wildman–Crippen LogP) is 2.29. The van der Waals surface area contributed by atoms with Crippen molar-refractivity contribution in [1.82, 2.24) is 14.8 Å². The Morgan fingerprint density at radius 3 is 2.50 bits per heavy atom. The first-order chi connectivity index (χ1) is 12.7. The number of nitrogens with one attached hydrogen (secondary N) is 1. The Morgan fingerprint density at radius 1 is 1.15 bits per heavy atom. The molecule has 2 aliphatic rings. The van der Waals surface area contributed by atoms with Crippen molar-refractivity contribution in [3.63, 3.8) is 0 Å². The van der Waals surface area contributed by atoms with E-state index in [0.717, 1.165) is 31.6 Å². The molecule has 3 rings (SSSR count). The lowest BCUT2D eigenvalue weighted by atomic mass is 10.2. The van der Waals surface area contributed by atoms with Crippen LogP contribution in [0.15, 0.2) is 17.1 Å². The fourth-order valence-electron chi connectivity index (χ4n) is 4.05. The van der Waals surface area contributed by atoms with Gasteiger partial charge in [0.05, 0.1) is 13.3 Å². The third kappa shape index (κ3) is 5.10. The molecule has 0 spiro atoms. The molecule has 6 nitrogen and oxygen atoms in total. The van der Waals surface area contributed by atoms with Crippen LogP contribution in [0, 0.1) is 0 Å². The van der Waals surface area contributed by atoms with Crippen molar-refractivity contribution in [2.75, 3.05) is 20.2 Å². The second-order valence-electron chi connectivity index (χ2n) is 7.56. The van der Waals surface area contributed by atoms with Crippen LogP contribution in [0.25, 0.3) is 0 Å². The highest BCUT2D eigenvalue weighted by Gasteiger charge is 2.19. The molecule has 0 unspecified atom stereocenters. The molecular weight excluding hydrogens is 330 g/mol. The minimum Gasteiger partial charge on any atom is -0.491 e. The smallest absolute Gasteiger partial charge is 0.240 e. The quantitative estimate of drug-likeness (QED) is 0.844. The zero-order valence-electron chi connectivity index (χ0n) is 15.8. The first-order valence-electron chi connectivity index (χ1n) is 9.95. The van der Waals surface area contributed by atoms with Crippen LogP contribution in [0.1, 0.15) is 57.1 Å². The number of carbonyl (C=O) groups excluding carboxylic acids is 1. The molecule has 0 atom stereocenters. The number of aromatic nitrogens is 1. The van der Waals surface area contributed by atoms with Crippen molar-refractivity contribution >= 4 is 5.91 Å². The van der Waals surface area contributed by atoms with E-state index in [4.69, 9.17) is 4.74 Å². The van der Waals surface area contributed by atoms with Crippen LogP contribution in [-0.4, -0.2) is 41.6 Å². The molecule has 1 saturated carbocycles. The summed E-state index contributed by atoms with van der Waals surface area (Å²) in [5.41, 5.74) is 0.768. The monoisotopic (exact) mass is 361 g/mol. The molecule has 0 radical (unpaired) electrons. The summed E-state index contributed by atoms with van der Waals surface area (Å²) in [6.07, 6.45) is 11.1. The molecule has 144 valence electrons. The third-order valence-electron chi connectivity index (χ3n) is 5.52. The highest BCUT2D eigenvalue weighted by Crippen LogP contribution is 2.18. The topological polar surface area (TPSA) is 63.6 Å². The normalized spacial score (nSPS) is 19.3. The number of ether oxygens (including phenoxy) is 1. The number of amides is 1. The number of carbonyl (C=O) groups is 1. The largest absolute Gasteiger partial charge is 0.491 e. The van der Waals surface area contributed by atoms with Gasteiger partial charge >= 0.3 is 0 Å². The summed E-state index contributed by atoms with van der Waals surface area (Å²) in [7, 11) is 1.49. The maximum Gasteiger partial charge on any atom is 0.240 e. The van der Waals surface area contributed by atoms with Gasteiger partial charge in [0, 0.05) is 24.3 Å². The molecule has 1 aromatic heterocycles. The standard InChI is InChI=1S/C20H31N3O3/c1-26-19-14-23(15-20(25)21-16-8-4-5-9-16)17(12-18(19)24)13-22-10-6-2-3-7-11-22/h12,14,16H,2-11,13,15H2,1H3,(H,21,25). The summed E-state index contributed by atoms with van der Waals surface area (Å²) < 4.78 is 7.07. The highest BCUT2D eigenvalue weighted by molar-refractivity contribution is 5.76. The Hall–Kier alpha value is -1.82. The molecule has 2 heterocycles. The first kappa shape index (κ1) is 19.0. The third-order valence-corrected chi connectivity index (χ3v) is 5.52. The number of pyridine rings is 1. The average molecular weight is 361 g/mol. The van der Waals surface area contributed by atoms with E-state index in [0.29, 0.717) is 18.3 Å². The van der Waals surface area contributed by atoms with E-state index in [1.807, 2.05) is 4.57 Å². The summed E-state index contributed by atoms with van der Waals surface area (Å²) in [4.78, 5) is 27.1. The zero-order chi connectivity index (χ0) is 18.4. The number of rotatable bonds is 6. The van der Waals surface area contributed by atoms with Crippen molar-refractivity contribution in [2.24, 2.45) is 0 Å². The van der Waals surface area contributed by atoms with Crippen molar-refractivity contribution in [1.29, 1.82) is 0 Å². The van der Waals surface area contributed by atoms with Crippen LogP contribution in [-0.2, 0) is 17.9 Å². The lowest BCUT2D eigenvalue weighted by molar-refractivity contribution is -0.122. The van der Waals surface area contributed by atoms with Crippen molar-refractivity contribution < 1.29 is 9.53 Å². The Balaban J connectivity index is 1.74. The lowest BCUT2D eigenvalue weighted by Crippen LogP contribution is -2.36. The Kier molecular flexibility index (Phi) is 6.72. The lowest BCUT2D eigenvalue weighted by Gasteiger charge is -2.23. The van der Waals surface area contributed by atoms with Crippen molar-refractivity contribution in [3.8, 4) is 5.75 Å².